The van der Waals surface area contributed by atoms with Crippen molar-refractivity contribution in [2.45, 2.75) is 56.5 Å². The fraction of sp³-hybridized carbons (Fsp3) is 0.588. The third kappa shape index (κ3) is 3.49. The normalized spacial score (nSPS) is 24.7. The highest BCUT2D eigenvalue weighted by molar-refractivity contribution is 9.10. The van der Waals surface area contributed by atoms with Crippen LogP contribution in [0.5, 0.6) is 0 Å². The van der Waals surface area contributed by atoms with E-state index in [1.165, 1.54) is 32.1 Å². The summed E-state index contributed by atoms with van der Waals surface area (Å²) in [6.07, 6.45) is 8.61. The van der Waals surface area contributed by atoms with Gasteiger partial charge in [0.1, 0.15) is 0 Å². The molecule has 0 bridgehead atoms. The Kier molecular flexibility index (Phi) is 4.65. The first-order valence-corrected chi connectivity index (χ1v) is 8.78. The van der Waals surface area contributed by atoms with Crippen LogP contribution < -0.4 is 10.6 Å². The lowest BCUT2D eigenvalue weighted by molar-refractivity contribution is 0.0892. The standard InChI is InChI=1S/C17H23BrN2O/c18-15-7-3-2-6-14(15)16(21)20-13-8-11-19-17(12-13)9-4-1-5-10-17/h2-3,6-7,13,19H,1,4-5,8-12H2,(H,20,21). The third-order valence-electron chi connectivity index (χ3n) is 4.89. The fourth-order valence-corrected chi connectivity index (χ4v) is 4.26. The third-order valence-corrected chi connectivity index (χ3v) is 5.59. The van der Waals surface area contributed by atoms with Crippen molar-refractivity contribution < 1.29 is 4.79 Å². The molecular formula is C17H23BrN2O. The summed E-state index contributed by atoms with van der Waals surface area (Å²) >= 11 is 3.46. The van der Waals surface area contributed by atoms with Gasteiger partial charge in [-0.2, -0.15) is 0 Å². The van der Waals surface area contributed by atoms with Gasteiger partial charge >= 0.3 is 0 Å². The van der Waals surface area contributed by atoms with Gasteiger partial charge in [-0.15, -0.1) is 0 Å². The number of amides is 1. The summed E-state index contributed by atoms with van der Waals surface area (Å²) in [5.74, 6) is 0.0420. The molecule has 1 saturated heterocycles. The van der Waals surface area contributed by atoms with Crippen LogP contribution in [-0.2, 0) is 0 Å². The molecule has 1 aromatic rings. The molecule has 3 rings (SSSR count). The van der Waals surface area contributed by atoms with Crippen LogP contribution in [0.15, 0.2) is 28.7 Å². The molecule has 1 spiro atoms. The van der Waals surface area contributed by atoms with Gasteiger partial charge in [-0.25, -0.2) is 0 Å². The maximum absolute atomic E-state index is 12.4. The highest BCUT2D eigenvalue weighted by Crippen LogP contribution is 2.34. The van der Waals surface area contributed by atoms with E-state index in [2.05, 4.69) is 26.6 Å². The van der Waals surface area contributed by atoms with E-state index in [1.807, 2.05) is 24.3 Å². The monoisotopic (exact) mass is 350 g/mol. The molecule has 1 atom stereocenters. The van der Waals surface area contributed by atoms with Crippen LogP contribution in [0, 0.1) is 0 Å². The first-order chi connectivity index (χ1) is 10.2. The Morgan fingerprint density at radius 2 is 2.00 bits per heavy atom. The van der Waals surface area contributed by atoms with Gasteiger partial charge in [0.05, 0.1) is 5.56 Å². The lowest BCUT2D eigenvalue weighted by Crippen LogP contribution is -2.57. The summed E-state index contributed by atoms with van der Waals surface area (Å²) in [6.45, 7) is 1.01. The van der Waals surface area contributed by atoms with Gasteiger partial charge in [0.25, 0.3) is 5.91 Å². The number of piperidine rings is 1. The summed E-state index contributed by atoms with van der Waals surface area (Å²) in [5.41, 5.74) is 1.01. The predicted molar refractivity (Wildman–Crippen MR) is 88.4 cm³/mol. The SMILES string of the molecule is O=C(NC1CCNC2(CCCCC2)C1)c1ccccc1Br. The van der Waals surface area contributed by atoms with Crippen molar-refractivity contribution in [3.63, 3.8) is 0 Å². The van der Waals surface area contributed by atoms with Crippen molar-refractivity contribution in [1.82, 2.24) is 10.6 Å². The summed E-state index contributed by atoms with van der Waals surface area (Å²) in [4.78, 5) is 12.4. The van der Waals surface area contributed by atoms with E-state index in [9.17, 15) is 4.79 Å². The molecule has 2 fully saturated rings. The Morgan fingerprint density at radius 1 is 1.24 bits per heavy atom. The Bertz CT molecular complexity index is 506. The average molecular weight is 351 g/mol. The molecule has 1 unspecified atom stereocenters. The Labute approximate surface area is 135 Å². The molecule has 21 heavy (non-hydrogen) atoms. The molecule has 1 heterocycles. The van der Waals surface area contributed by atoms with Crippen LogP contribution in [0.25, 0.3) is 0 Å². The molecule has 4 heteroatoms. The lowest BCUT2D eigenvalue weighted by Gasteiger charge is -2.44. The van der Waals surface area contributed by atoms with Gasteiger partial charge in [-0.05, 0) is 60.3 Å². The lowest BCUT2D eigenvalue weighted by atomic mass is 9.75. The molecule has 1 aliphatic carbocycles. The summed E-state index contributed by atoms with van der Waals surface area (Å²) < 4.78 is 0.865. The van der Waals surface area contributed by atoms with Gasteiger partial charge in [0.2, 0.25) is 0 Å². The zero-order valence-corrected chi connectivity index (χ0v) is 13.9. The number of benzene rings is 1. The second-order valence-corrected chi connectivity index (χ2v) is 7.27. The number of carbonyl (C=O) groups excluding carboxylic acids is 1. The fourth-order valence-electron chi connectivity index (χ4n) is 3.80. The highest BCUT2D eigenvalue weighted by Gasteiger charge is 2.37. The number of nitrogens with one attached hydrogen (secondary N) is 2. The van der Waals surface area contributed by atoms with Crippen LogP contribution in [0.4, 0.5) is 0 Å². The molecule has 2 aliphatic rings. The minimum absolute atomic E-state index is 0.0420. The number of halogens is 1. The van der Waals surface area contributed by atoms with E-state index in [-0.39, 0.29) is 11.4 Å². The Morgan fingerprint density at radius 3 is 2.76 bits per heavy atom. The van der Waals surface area contributed by atoms with E-state index < -0.39 is 0 Å². The van der Waals surface area contributed by atoms with Crippen molar-refractivity contribution in [3.05, 3.63) is 34.3 Å². The zero-order chi connectivity index (χ0) is 14.7. The average Bonchev–Trinajstić information content (AvgIpc) is 2.48. The van der Waals surface area contributed by atoms with E-state index in [4.69, 9.17) is 0 Å². The second-order valence-electron chi connectivity index (χ2n) is 6.41. The van der Waals surface area contributed by atoms with Crippen LogP contribution in [0.1, 0.15) is 55.3 Å². The molecule has 1 saturated carbocycles. The topological polar surface area (TPSA) is 41.1 Å². The van der Waals surface area contributed by atoms with Crippen molar-refractivity contribution in [3.8, 4) is 0 Å². The smallest absolute Gasteiger partial charge is 0.252 e. The minimum atomic E-state index is 0.0420. The van der Waals surface area contributed by atoms with Crippen LogP contribution in [-0.4, -0.2) is 24.0 Å². The largest absolute Gasteiger partial charge is 0.349 e. The van der Waals surface area contributed by atoms with Crippen LogP contribution in [0.2, 0.25) is 0 Å². The van der Waals surface area contributed by atoms with Gasteiger partial charge in [0, 0.05) is 16.1 Å². The van der Waals surface area contributed by atoms with E-state index in [0.29, 0.717) is 6.04 Å². The van der Waals surface area contributed by atoms with E-state index in [1.54, 1.807) is 0 Å². The molecule has 1 aliphatic heterocycles. The Hall–Kier alpha value is -0.870. The van der Waals surface area contributed by atoms with E-state index in [0.717, 1.165) is 29.4 Å². The predicted octanol–water partition coefficient (Wildman–Crippen LogP) is 3.63. The number of rotatable bonds is 2. The van der Waals surface area contributed by atoms with Crippen LogP contribution >= 0.6 is 15.9 Å². The molecule has 2 N–H and O–H groups in total. The summed E-state index contributed by atoms with van der Waals surface area (Å²) in [7, 11) is 0. The van der Waals surface area contributed by atoms with Crippen molar-refractivity contribution in [2.24, 2.45) is 0 Å². The first-order valence-electron chi connectivity index (χ1n) is 7.99. The van der Waals surface area contributed by atoms with Crippen molar-refractivity contribution >= 4 is 21.8 Å². The van der Waals surface area contributed by atoms with Gasteiger partial charge in [-0.1, -0.05) is 31.4 Å². The molecular weight excluding hydrogens is 328 g/mol. The van der Waals surface area contributed by atoms with Crippen molar-refractivity contribution in [1.29, 1.82) is 0 Å². The van der Waals surface area contributed by atoms with Crippen molar-refractivity contribution in [2.75, 3.05) is 6.54 Å². The highest BCUT2D eigenvalue weighted by atomic mass is 79.9. The maximum atomic E-state index is 12.4. The van der Waals surface area contributed by atoms with Gasteiger partial charge < -0.3 is 10.6 Å². The summed E-state index contributed by atoms with van der Waals surface area (Å²) in [5, 5.41) is 6.97. The van der Waals surface area contributed by atoms with Gasteiger partial charge in [0.15, 0.2) is 0 Å². The molecule has 3 nitrogen and oxygen atoms in total. The maximum Gasteiger partial charge on any atom is 0.252 e. The molecule has 114 valence electrons. The minimum Gasteiger partial charge on any atom is -0.349 e. The number of hydrogen-bond donors (Lipinski definition) is 2. The molecule has 1 aromatic carbocycles. The Balaban J connectivity index is 1.65. The van der Waals surface area contributed by atoms with Crippen LogP contribution in [0.3, 0.4) is 0 Å². The zero-order valence-electron chi connectivity index (χ0n) is 12.3. The van der Waals surface area contributed by atoms with Gasteiger partial charge in [-0.3, -0.25) is 4.79 Å². The molecule has 0 radical (unpaired) electrons. The molecule has 1 amide bonds. The molecule has 0 aromatic heterocycles. The summed E-state index contributed by atoms with van der Waals surface area (Å²) in [6, 6.07) is 7.92. The first kappa shape index (κ1) is 15.0. The number of hydrogen-bond acceptors (Lipinski definition) is 2. The second kappa shape index (κ2) is 6.49. The number of carbonyl (C=O) groups is 1. The van der Waals surface area contributed by atoms with E-state index >= 15 is 0 Å². The quantitative estimate of drug-likeness (QED) is 0.854.